The predicted molar refractivity (Wildman–Crippen MR) is 81.6 cm³/mol. The van der Waals surface area contributed by atoms with E-state index in [4.69, 9.17) is 16.3 Å². The summed E-state index contributed by atoms with van der Waals surface area (Å²) in [6.45, 7) is 5.67. The molecule has 0 bridgehead atoms. The number of carbonyl (C=O) groups excluding carboxylic acids is 1. The summed E-state index contributed by atoms with van der Waals surface area (Å²) in [5.74, 6) is 0.630. The number of halogens is 1. The number of piperidine rings is 1. The highest BCUT2D eigenvalue weighted by Crippen LogP contribution is 2.34. The average Bonchev–Trinajstić information content (AvgIpc) is 2.43. The Labute approximate surface area is 124 Å². The minimum Gasteiger partial charge on any atom is -0.495 e. The van der Waals surface area contributed by atoms with E-state index in [1.54, 1.807) is 13.2 Å². The van der Waals surface area contributed by atoms with Gasteiger partial charge in [-0.15, -0.1) is 0 Å². The third kappa shape index (κ3) is 3.07. The Bertz CT molecular complexity index is 511. The number of anilines is 1. The van der Waals surface area contributed by atoms with Gasteiger partial charge in [-0.1, -0.05) is 18.5 Å². The molecule has 0 saturated carbocycles. The monoisotopic (exact) mass is 296 g/mol. The van der Waals surface area contributed by atoms with Gasteiger partial charge in [0.15, 0.2) is 0 Å². The molecule has 1 amide bonds. The van der Waals surface area contributed by atoms with E-state index in [1.165, 1.54) is 0 Å². The fourth-order valence-corrected chi connectivity index (χ4v) is 2.56. The van der Waals surface area contributed by atoms with Gasteiger partial charge < -0.3 is 15.4 Å². The van der Waals surface area contributed by atoms with Crippen LogP contribution in [-0.4, -0.2) is 26.1 Å². The second kappa shape index (κ2) is 6.02. The van der Waals surface area contributed by atoms with Crippen molar-refractivity contribution in [1.29, 1.82) is 0 Å². The zero-order valence-electron chi connectivity index (χ0n) is 12.2. The summed E-state index contributed by atoms with van der Waals surface area (Å²) in [5, 5.41) is 6.90. The lowest BCUT2D eigenvalue weighted by molar-refractivity contribution is -0.126. The molecular formula is C15H21ClN2O2. The Balaban J connectivity index is 2.21. The summed E-state index contributed by atoms with van der Waals surface area (Å²) >= 11 is 6.08. The smallest absolute Gasteiger partial charge is 0.230 e. The molecule has 5 heteroatoms. The first-order valence-electron chi connectivity index (χ1n) is 6.82. The van der Waals surface area contributed by atoms with Crippen LogP contribution in [0.25, 0.3) is 0 Å². The number of amides is 1. The number of benzene rings is 1. The Morgan fingerprint density at radius 2 is 2.05 bits per heavy atom. The van der Waals surface area contributed by atoms with Crippen LogP contribution in [0.4, 0.5) is 5.69 Å². The molecule has 0 aromatic heterocycles. The standard InChI is InChI=1S/C15H21ClN2O2/c1-10-8-12(13(20-3)9-11(10)16)18-14(19)15(2)4-6-17-7-5-15/h8-9,17H,4-7H2,1-3H3,(H,18,19). The molecule has 0 atom stereocenters. The van der Waals surface area contributed by atoms with E-state index in [1.807, 2.05) is 19.9 Å². The maximum atomic E-state index is 12.5. The van der Waals surface area contributed by atoms with Gasteiger partial charge in [0.2, 0.25) is 5.91 Å². The molecule has 0 radical (unpaired) electrons. The normalized spacial score (nSPS) is 17.6. The van der Waals surface area contributed by atoms with E-state index in [2.05, 4.69) is 10.6 Å². The first-order valence-corrected chi connectivity index (χ1v) is 7.20. The Morgan fingerprint density at radius 3 is 2.65 bits per heavy atom. The summed E-state index contributed by atoms with van der Waals surface area (Å²) in [7, 11) is 1.57. The van der Waals surface area contributed by atoms with Crippen molar-refractivity contribution < 1.29 is 9.53 Å². The number of methoxy groups -OCH3 is 1. The Kier molecular flexibility index (Phi) is 4.55. The van der Waals surface area contributed by atoms with E-state index in [9.17, 15) is 4.79 Å². The van der Waals surface area contributed by atoms with Crippen molar-refractivity contribution in [2.75, 3.05) is 25.5 Å². The number of hydrogen-bond acceptors (Lipinski definition) is 3. The third-order valence-electron chi connectivity index (χ3n) is 3.98. The van der Waals surface area contributed by atoms with Crippen molar-refractivity contribution in [3.8, 4) is 5.75 Å². The largest absolute Gasteiger partial charge is 0.495 e. The lowest BCUT2D eigenvalue weighted by Gasteiger charge is -2.32. The number of aryl methyl sites for hydroxylation is 1. The second-order valence-corrected chi connectivity index (χ2v) is 5.97. The molecule has 1 fully saturated rings. The Hall–Kier alpha value is -1.26. The SMILES string of the molecule is COc1cc(Cl)c(C)cc1NC(=O)C1(C)CCNCC1. The van der Waals surface area contributed by atoms with E-state index in [0.717, 1.165) is 31.5 Å². The van der Waals surface area contributed by atoms with Crippen LogP contribution < -0.4 is 15.4 Å². The van der Waals surface area contributed by atoms with E-state index >= 15 is 0 Å². The first-order chi connectivity index (χ1) is 9.46. The van der Waals surface area contributed by atoms with Gasteiger partial charge in [-0.25, -0.2) is 0 Å². The summed E-state index contributed by atoms with van der Waals surface area (Å²) in [6, 6.07) is 3.58. The topological polar surface area (TPSA) is 50.4 Å². The van der Waals surface area contributed by atoms with Crippen LogP contribution in [0.1, 0.15) is 25.3 Å². The third-order valence-corrected chi connectivity index (χ3v) is 4.39. The highest BCUT2D eigenvalue weighted by atomic mass is 35.5. The van der Waals surface area contributed by atoms with Crippen LogP contribution in [0.5, 0.6) is 5.75 Å². The number of nitrogens with one attached hydrogen (secondary N) is 2. The molecule has 1 aromatic rings. The molecule has 0 unspecified atom stereocenters. The molecule has 2 rings (SSSR count). The van der Waals surface area contributed by atoms with E-state index < -0.39 is 0 Å². The highest BCUT2D eigenvalue weighted by Gasteiger charge is 2.34. The molecule has 1 saturated heterocycles. The van der Waals surface area contributed by atoms with Crippen LogP contribution in [0.2, 0.25) is 5.02 Å². The fraction of sp³-hybridized carbons (Fsp3) is 0.533. The van der Waals surface area contributed by atoms with Crippen LogP contribution in [0.15, 0.2) is 12.1 Å². The quantitative estimate of drug-likeness (QED) is 0.901. The van der Waals surface area contributed by atoms with Crippen LogP contribution >= 0.6 is 11.6 Å². The van der Waals surface area contributed by atoms with Gasteiger partial charge in [0, 0.05) is 16.5 Å². The van der Waals surface area contributed by atoms with Crippen LogP contribution in [-0.2, 0) is 4.79 Å². The van der Waals surface area contributed by atoms with Crippen molar-refractivity contribution in [1.82, 2.24) is 5.32 Å². The maximum Gasteiger partial charge on any atom is 0.230 e. The minimum absolute atomic E-state index is 0.0408. The van der Waals surface area contributed by atoms with Gasteiger partial charge >= 0.3 is 0 Å². The van der Waals surface area contributed by atoms with Crippen LogP contribution in [0, 0.1) is 12.3 Å². The number of ether oxygens (including phenoxy) is 1. The van der Waals surface area contributed by atoms with Gasteiger partial charge in [0.1, 0.15) is 5.75 Å². The van der Waals surface area contributed by atoms with Crippen molar-refractivity contribution in [3.63, 3.8) is 0 Å². The van der Waals surface area contributed by atoms with E-state index in [0.29, 0.717) is 16.5 Å². The van der Waals surface area contributed by atoms with Gasteiger partial charge in [-0.2, -0.15) is 0 Å². The van der Waals surface area contributed by atoms with Crippen LogP contribution in [0.3, 0.4) is 0 Å². The van der Waals surface area contributed by atoms with Gasteiger partial charge in [0.05, 0.1) is 12.8 Å². The first kappa shape index (κ1) is 15.1. The van der Waals surface area contributed by atoms with Crippen molar-refractivity contribution in [2.24, 2.45) is 5.41 Å². The number of carbonyl (C=O) groups is 1. The number of hydrogen-bond donors (Lipinski definition) is 2. The van der Waals surface area contributed by atoms with Crippen molar-refractivity contribution in [3.05, 3.63) is 22.7 Å². The molecule has 0 aliphatic carbocycles. The fourth-order valence-electron chi connectivity index (χ4n) is 2.41. The zero-order valence-corrected chi connectivity index (χ0v) is 12.9. The highest BCUT2D eigenvalue weighted by molar-refractivity contribution is 6.31. The molecule has 2 N–H and O–H groups in total. The summed E-state index contributed by atoms with van der Waals surface area (Å²) in [5.41, 5.74) is 1.27. The maximum absolute atomic E-state index is 12.5. The van der Waals surface area contributed by atoms with Gasteiger partial charge in [-0.05, 0) is 44.5 Å². The summed E-state index contributed by atoms with van der Waals surface area (Å²) < 4.78 is 5.29. The van der Waals surface area contributed by atoms with Crippen molar-refractivity contribution >= 4 is 23.2 Å². The molecule has 0 spiro atoms. The van der Waals surface area contributed by atoms with E-state index in [-0.39, 0.29) is 11.3 Å². The molecule has 20 heavy (non-hydrogen) atoms. The van der Waals surface area contributed by atoms with Crippen molar-refractivity contribution in [2.45, 2.75) is 26.7 Å². The summed E-state index contributed by atoms with van der Waals surface area (Å²) in [4.78, 5) is 12.5. The lowest BCUT2D eigenvalue weighted by atomic mass is 9.80. The molecule has 1 aliphatic heterocycles. The molecule has 1 aliphatic rings. The molecular weight excluding hydrogens is 276 g/mol. The average molecular weight is 297 g/mol. The summed E-state index contributed by atoms with van der Waals surface area (Å²) in [6.07, 6.45) is 1.68. The second-order valence-electron chi connectivity index (χ2n) is 5.57. The lowest BCUT2D eigenvalue weighted by Crippen LogP contribution is -2.42. The Morgan fingerprint density at radius 1 is 1.40 bits per heavy atom. The molecule has 1 aromatic carbocycles. The predicted octanol–water partition coefficient (Wildman–Crippen LogP) is 2.99. The zero-order chi connectivity index (χ0) is 14.8. The molecule has 1 heterocycles. The molecule has 110 valence electrons. The van der Waals surface area contributed by atoms with Gasteiger partial charge in [0.25, 0.3) is 0 Å². The van der Waals surface area contributed by atoms with Gasteiger partial charge in [-0.3, -0.25) is 4.79 Å². The molecule has 4 nitrogen and oxygen atoms in total. The number of rotatable bonds is 3. The minimum atomic E-state index is -0.330.